The molecule has 1 aliphatic heterocycles. The second-order valence-corrected chi connectivity index (χ2v) is 3.74. The monoisotopic (exact) mass is 240 g/mol. The Hall–Kier alpha value is -1.96. The fourth-order valence-electron chi connectivity index (χ4n) is 1.87. The quantitative estimate of drug-likeness (QED) is 0.710. The number of nitrogens with one attached hydrogen (secondary N) is 1. The van der Waals surface area contributed by atoms with E-state index in [1.165, 1.54) is 18.3 Å². The van der Waals surface area contributed by atoms with Gasteiger partial charge in [0, 0.05) is 20.1 Å². The number of carbonyl (C=O) groups is 2. The van der Waals surface area contributed by atoms with E-state index in [1.54, 1.807) is 0 Å². The largest absolute Gasteiger partial charge is 0.480 e. The number of amides is 1. The van der Waals surface area contributed by atoms with Crippen molar-refractivity contribution in [3.05, 3.63) is 12.2 Å². The molecule has 1 aliphatic rings. The van der Waals surface area contributed by atoms with Crippen LogP contribution in [0, 0.1) is 0 Å². The van der Waals surface area contributed by atoms with Crippen LogP contribution in [0.1, 0.15) is 17.0 Å². The zero-order valence-corrected chi connectivity index (χ0v) is 9.16. The van der Waals surface area contributed by atoms with E-state index in [0.29, 0.717) is 0 Å². The molecule has 0 saturated carbocycles. The van der Waals surface area contributed by atoms with Crippen molar-refractivity contribution in [2.75, 3.05) is 13.7 Å². The Morgan fingerprint density at radius 1 is 1.65 bits per heavy atom. The molecule has 1 amide bonds. The van der Waals surface area contributed by atoms with Gasteiger partial charge in [0.1, 0.15) is 12.4 Å². The predicted octanol–water partition coefficient (Wildman–Crippen LogP) is -0.881. The van der Waals surface area contributed by atoms with Crippen LogP contribution >= 0.6 is 0 Å². The summed E-state index contributed by atoms with van der Waals surface area (Å²) in [5, 5.41) is 15.0. The Labute approximate surface area is 96.6 Å². The molecule has 0 aliphatic carbocycles. The summed E-state index contributed by atoms with van der Waals surface area (Å²) >= 11 is 0. The van der Waals surface area contributed by atoms with Crippen LogP contribution in [0.5, 0.6) is 0 Å². The molecule has 2 N–H and O–H groups in total. The van der Waals surface area contributed by atoms with E-state index < -0.39 is 17.9 Å². The van der Waals surface area contributed by atoms with Crippen molar-refractivity contribution in [1.82, 2.24) is 20.1 Å². The lowest BCUT2D eigenvalue weighted by molar-refractivity contribution is -0.141. The Morgan fingerprint density at radius 3 is 2.94 bits per heavy atom. The van der Waals surface area contributed by atoms with Gasteiger partial charge in [0.25, 0.3) is 5.91 Å². The van der Waals surface area contributed by atoms with Gasteiger partial charge in [-0.2, -0.15) is 5.10 Å². The molecule has 2 rings (SSSR count). The first kappa shape index (κ1) is 11.5. The van der Waals surface area contributed by atoms with Gasteiger partial charge in [-0.05, 0) is 0 Å². The molecule has 0 spiro atoms. The van der Waals surface area contributed by atoms with Crippen LogP contribution in [-0.4, -0.2) is 62.9 Å². The molecule has 2 unspecified atom stereocenters. The van der Waals surface area contributed by atoms with Gasteiger partial charge in [0.2, 0.25) is 5.82 Å². The molecule has 2 atom stereocenters. The average molecular weight is 240 g/mol. The predicted molar refractivity (Wildman–Crippen MR) is 54.3 cm³/mol. The SMILES string of the molecule is COC1CC(C(=O)O)N(C(=O)c2ncn[nH]2)C1. The van der Waals surface area contributed by atoms with Gasteiger partial charge in [-0.3, -0.25) is 9.89 Å². The van der Waals surface area contributed by atoms with Gasteiger partial charge < -0.3 is 14.7 Å². The number of methoxy groups -OCH3 is 1. The highest BCUT2D eigenvalue weighted by Crippen LogP contribution is 2.21. The van der Waals surface area contributed by atoms with Crippen molar-refractivity contribution in [3.8, 4) is 0 Å². The Morgan fingerprint density at radius 2 is 2.41 bits per heavy atom. The summed E-state index contributed by atoms with van der Waals surface area (Å²) in [5.41, 5.74) is 0. The maximum atomic E-state index is 12.0. The number of nitrogens with zero attached hydrogens (tertiary/aromatic N) is 3. The highest BCUT2D eigenvalue weighted by Gasteiger charge is 2.40. The molecule has 0 radical (unpaired) electrons. The van der Waals surface area contributed by atoms with Crippen molar-refractivity contribution in [2.24, 2.45) is 0 Å². The summed E-state index contributed by atoms with van der Waals surface area (Å²) < 4.78 is 5.09. The maximum absolute atomic E-state index is 12.0. The van der Waals surface area contributed by atoms with E-state index in [9.17, 15) is 9.59 Å². The minimum absolute atomic E-state index is 0.0352. The van der Waals surface area contributed by atoms with Crippen LogP contribution in [0.3, 0.4) is 0 Å². The summed E-state index contributed by atoms with van der Waals surface area (Å²) in [6.45, 7) is 0.243. The molecule has 1 aromatic heterocycles. The Bertz CT molecular complexity index is 419. The lowest BCUT2D eigenvalue weighted by Gasteiger charge is -2.19. The van der Waals surface area contributed by atoms with Gasteiger partial charge in [-0.1, -0.05) is 0 Å². The standard InChI is InChI=1S/C9H12N4O4/c1-17-5-2-6(9(15)16)13(3-5)8(14)7-10-4-11-12-7/h4-6H,2-3H2,1H3,(H,15,16)(H,10,11,12). The van der Waals surface area contributed by atoms with Crippen molar-refractivity contribution in [1.29, 1.82) is 0 Å². The lowest BCUT2D eigenvalue weighted by atomic mass is 10.2. The number of likely N-dealkylation sites (tertiary alicyclic amines) is 1. The van der Waals surface area contributed by atoms with E-state index in [4.69, 9.17) is 9.84 Å². The number of H-pyrrole nitrogens is 1. The molecule has 8 nitrogen and oxygen atoms in total. The van der Waals surface area contributed by atoms with Gasteiger partial charge in [-0.15, -0.1) is 0 Å². The van der Waals surface area contributed by atoms with Crippen LogP contribution in [0.15, 0.2) is 6.33 Å². The van der Waals surface area contributed by atoms with Crippen molar-refractivity contribution in [3.63, 3.8) is 0 Å². The normalized spacial score (nSPS) is 23.9. The number of carbonyl (C=O) groups excluding carboxylic acids is 1. The third-order valence-corrected chi connectivity index (χ3v) is 2.76. The highest BCUT2D eigenvalue weighted by atomic mass is 16.5. The van der Waals surface area contributed by atoms with Crippen LogP contribution in [0.25, 0.3) is 0 Å². The zero-order valence-electron chi connectivity index (χ0n) is 9.16. The number of aromatic nitrogens is 3. The summed E-state index contributed by atoms with van der Waals surface area (Å²) in [5.74, 6) is -1.49. The summed E-state index contributed by atoms with van der Waals surface area (Å²) in [7, 11) is 1.49. The summed E-state index contributed by atoms with van der Waals surface area (Å²) in [6.07, 6.45) is 1.22. The minimum Gasteiger partial charge on any atom is -0.480 e. The van der Waals surface area contributed by atoms with Gasteiger partial charge in [0.15, 0.2) is 0 Å². The van der Waals surface area contributed by atoms with Crippen LogP contribution in [0.2, 0.25) is 0 Å². The number of aromatic amines is 1. The molecule has 0 aromatic carbocycles. The summed E-state index contributed by atoms with van der Waals surface area (Å²) in [4.78, 5) is 28.0. The maximum Gasteiger partial charge on any atom is 0.326 e. The number of rotatable bonds is 3. The number of hydrogen-bond acceptors (Lipinski definition) is 5. The molecule has 1 saturated heterocycles. The van der Waals surface area contributed by atoms with Crippen LogP contribution < -0.4 is 0 Å². The molecule has 1 fully saturated rings. The van der Waals surface area contributed by atoms with E-state index in [1.807, 2.05) is 0 Å². The number of aliphatic carboxylic acids is 1. The van der Waals surface area contributed by atoms with Crippen LogP contribution in [0.4, 0.5) is 0 Å². The minimum atomic E-state index is -1.04. The molecule has 17 heavy (non-hydrogen) atoms. The van der Waals surface area contributed by atoms with Crippen molar-refractivity contribution >= 4 is 11.9 Å². The molecule has 1 aromatic rings. The first-order chi connectivity index (χ1) is 8.13. The van der Waals surface area contributed by atoms with E-state index in [0.717, 1.165) is 0 Å². The molecular formula is C9H12N4O4. The van der Waals surface area contributed by atoms with E-state index >= 15 is 0 Å². The Kier molecular flexibility index (Phi) is 3.05. The molecule has 2 heterocycles. The lowest BCUT2D eigenvalue weighted by Crippen LogP contribution is -2.41. The average Bonchev–Trinajstić information content (AvgIpc) is 2.97. The first-order valence-corrected chi connectivity index (χ1v) is 5.05. The van der Waals surface area contributed by atoms with E-state index in [-0.39, 0.29) is 24.9 Å². The molecular weight excluding hydrogens is 228 g/mol. The first-order valence-electron chi connectivity index (χ1n) is 5.05. The molecule has 92 valence electrons. The second-order valence-electron chi connectivity index (χ2n) is 3.74. The van der Waals surface area contributed by atoms with Gasteiger partial charge in [-0.25, -0.2) is 9.78 Å². The Balaban J connectivity index is 2.18. The number of ether oxygens (including phenoxy) is 1. The third-order valence-electron chi connectivity index (χ3n) is 2.76. The third kappa shape index (κ3) is 2.11. The number of hydrogen-bond donors (Lipinski definition) is 2. The van der Waals surface area contributed by atoms with Crippen LogP contribution in [-0.2, 0) is 9.53 Å². The van der Waals surface area contributed by atoms with E-state index in [2.05, 4.69) is 15.2 Å². The number of carboxylic acids is 1. The van der Waals surface area contributed by atoms with Crippen molar-refractivity contribution < 1.29 is 19.4 Å². The van der Waals surface area contributed by atoms with Gasteiger partial charge >= 0.3 is 5.97 Å². The molecule has 0 bridgehead atoms. The number of carboxylic acid groups (broad SMARTS) is 1. The smallest absolute Gasteiger partial charge is 0.326 e. The fourth-order valence-corrected chi connectivity index (χ4v) is 1.87. The summed E-state index contributed by atoms with van der Waals surface area (Å²) in [6, 6.07) is -0.877. The topological polar surface area (TPSA) is 108 Å². The second kappa shape index (κ2) is 4.50. The zero-order chi connectivity index (χ0) is 12.4. The fraction of sp³-hybridized carbons (Fsp3) is 0.556. The van der Waals surface area contributed by atoms with Gasteiger partial charge in [0.05, 0.1) is 6.10 Å². The highest BCUT2D eigenvalue weighted by molar-refractivity contribution is 5.93. The van der Waals surface area contributed by atoms with Crippen molar-refractivity contribution in [2.45, 2.75) is 18.6 Å². The molecule has 8 heteroatoms.